The molecule has 27 rings (SSSR count). The van der Waals surface area contributed by atoms with Gasteiger partial charge in [0.25, 0.3) is 0 Å². The molecule has 0 saturated heterocycles. The maximum absolute atomic E-state index is 4.94. The molecule has 0 unspecified atom stereocenters. The summed E-state index contributed by atoms with van der Waals surface area (Å²) in [5.41, 5.74) is 36.9. The number of nitrogens with zero attached hydrogens (tertiary/aromatic N) is 5. The first-order valence-electron chi connectivity index (χ1n) is 49.2. The van der Waals surface area contributed by atoms with Crippen molar-refractivity contribution in [2.24, 2.45) is 0 Å². The lowest BCUT2D eigenvalue weighted by Gasteiger charge is -2.48. The van der Waals surface area contributed by atoms with Crippen molar-refractivity contribution in [1.82, 2.24) is 19.5 Å². The van der Waals surface area contributed by atoms with Crippen LogP contribution in [0.2, 0.25) is 0 Å². The van der Waals surface area contributed by atoms with Crippen LogP contribution in [0.4, 0.5) is 17.1 Å². The van der Waals surface area contributed by atoms with E-state index >= 15 is 0 Å². The van der Waals surface area contributed by atoms with Crippen molar-refractivity contribution in [2.45, 2.75) is 135 Å². The van der Waals surface area contributed by atoms with Gasteiger partial charge in [0, 0.05) is 116 Å². The smallest absolute Gasteiger partial charge is 0.164 e. The average Bonchev–Trinajstić information content (AvgIpc) is 1.25. The van der Waals surface area contributed by atoms with E-state index in [9.17, 15) is 0 Å². The van der Waals surface area contributed by atoms with Crippen LogP contribution in [0.3, 0.4) is 0 Å². The molecule has 140 heavy (non-hydrogen) atoms. The molecule has 0 radical (unpaired) electrons. The molecule has 4 aliphatic rings. The summed E-state index contributed by atoms with van der Waals surface area (Å²) in [5, 5.41) is 10.8. The summed E-state index contributed by atoms with van der Waals surface area (Å²) >= 11 is 5.71. The Morgan fingerprint density at radius 3 is 1.14 bits per heavy atom. The van der Waals surface area contributed by atoms with Crippen LogP contribution >= 0.6 is 34.0 Å². The third-order valence-electron chi connectivity index (χ3n) is 33.5. The normalized spacial score (nSPS) is 15.3. The third kappa shape index (κ3) is 13.4. The minimum absolute atomic E-state index is 0.0158. The number of rotatable bonds is 9. The van der Waals surface area contributed by atoms with E-state index < -0.39 is 0 Å². The van der Waals surface area contributed by atoms with Crippen LogP contribution in [-0.2, 0) is 37.9 Å². The van der Waals surface area contributed by atoms with Gasteiger partial charge in [0.2, 0.25) is 0 Å². The molecule has 5 nitrogen and oxygen atoms in total. The Morgan fingerprint density at radius 1 is 0.207 bits per heavy atom. The van der Waals surface area contributed by atoms with Gasteiger partial charge < -0.3 is 9.47 Å². The van der Waals surface area contributed by atoms with E-state index in [4.69, 9.17) is 15.0 Å². The van der Waals surface area contributed by atoms with E-state index in [1.54, 1.807) is 0 Å². The minimum Gasteiger partial charge on any atom is -0.310 e. The highest BCUT2D eigenvalue weighted by atomic mass is 32.1. The van der Waals surface area contributed by atoms with Gasteiger partial charge >= 0.3 is 0 Å². The topological polar surface area (TPSA) is 46.8 Å². The quantitative estimate of drug-likeness (QED) is 0.144. The maximum atomic E-state index is 4.94. The van der Waals surface area contributed by atoms with Gasteiger partial charge in [-0.15, -0.1) is 34.0 Å². The van der Waals surface area contributed by atoms with E-state index in [2.05, 4.69) is 440 Å². The lowest BCUT2D eigenvalue weighted by atomic mass is 9.55. The van der Waals surface area contributed by atoms with Gasteiger partial charge in [-0.2, -0.15) is 0 Å². The summed E-state index contributed by atoms with van der Waals surface area (Å²) in [4.78, 5) is 17.2. The highest BCUT2D eigenvalue weighted by molar-refractivity contribution is 7.26. The molecule has 8 heteroatoms. The summed E-state index contributed by atoms with van der Waals surface area (Å²) in [7, 11) is 0. The van der Waals surface area contributed by atoms with Crippen molar-refractivity contribution in [3.63, 3.8) is 0 Å². The summed E-state index contributed by atoms with van der Waals surface area (Å²) in [5.74, 6) is 2.00. The Kier molecular flexibility index (Phi) is 19.9. The van der Waals surface area contributed by atoms with Gasteiger partial charge in [-0.1, -0.05) is 370 Å². The van der Waals surface area contributed by atoms with Gasteiger partial charge in [-0.25, -0.2) is 15.0 Å². The van der Waals surface area contributed by atoms with Crippen molar-refractivity contribution in [3.8, 4) is 107 Å². The van der Waals surface area contributed by atoms with E-state index in [1.165, 1.54) is 211 Å². The molecule has 0 aliphatic heterocycles. The number of hydrogen-bond acceptors (Lipinski definition) is 7. The van der Waals surface area contributed by atoms with Crippen molar-refractivity contribution >= 4 is 133 Å². The molecule has 18 aromatic carbocycles. The van der Waals surface area contributed by atoms with Crippen molar-refractivity contribution in [2.75, 3.05) is 4.90 Å². The van der Waals surface area contributed by atoms with Crippen LogP contribution in [0, 0.1) is 0 Å². The molecule has 0 N–H and O–H groups in total. The van der Waals surface area contributed by atoms with Crippen LogP contribution in [0.15, 0.2) is 394 Å². The fraction of sp³-hybridized carbons (Fsp3) is 0.159. The SMILES string of the molecule is CC1(C)c2cc(-c3ccc(-c4nc(-c5ccccc5)nc(-c5ccccc5)n4)cc3)ccc2-c2c(ccc3sc4ccccc4c23)C1(C)C.CC1(C)c2ccc(-c3ccc(-n4c5ccccc5c5ccccc54)cc3)cc2-c2cc3sc4ccccc4c3cc2C1(C)C.CC1(C)c2ccccc2-c2ccc(N(c3ccccc3)c3ccc4c(c3)-c3cc5sc6ccccc6c5cc3C(C)(C)C4(C)C)cc21. The molecular formula is C132H107N5S3. The Morgan fingerprint density at radius 2 is 0.579 bits per heavy atom. The average molecular weight is 1860 g/mol. The van der Waals surface area contributed by atoms with Crippen LogP contribution in [0.25, 0.3) is 189 Å². The largest absolute Gasteiger partial charge is 0.310 e. The molecule has 5 heterocycles. The third-order valence-corrected chi connectivity index (χ3v) is 36.9. The summed E-state index contributed by atoms with van der Waals surface area (Å²) in [6.07, 6.45) is 0. The van der Waals surface area contributed by atoms with E-state index in [0.717, 1.165) is 22.4 Å². The summed E-state index contributed by atoms with van der Waals surface area (Å²) < 4.78 is 10.5. The molecule has 0 amide bonds. The highest BCUT2D eigenvalue weighted by Gasteiger charge is 2.50. The number of thiophene rings is 3. The Bertz CT molecular complexity index is 8890. The van der Waals surface area contributed by atoms with Crippen LogP contribution in [-0.4, -0.2) is 19.5 Å². The Labute approximate surface area is 831 Å². The predicted octanol–water partition coefficient (Wildman–Crippen LogP) is 37.3. The van der Waals surface area contributed by atoms with Crippen molar-refractivity contribution < 1.29 is 0 Å². The van der Waals surface area contributed by atoms with Crippen molar-refractivity contribution in [3.05, 3.63) is 439 Å². The second-order valence-electron chi connectivity index (χ2n) is 42.5. The zero-order valence-corrected chi connectivity index (χ0v) is 83.9. The van der Waals surface area contributed by atoms with Crippen LogP contribution < -0.4 is 4.90 Å². The molecule has 0 bridgehead atoms. The second kappa shape index (κ2) is 32.2. The summed E-state index contributed by atoms with van der Waals surface area (Å²) in [6.45, 7) is 33.8. The lowest BCUT2D eigenvalue weighted by molar-refractivity contribution is 0.299. The predicted molar refractivity (Wildman–Crippen MR) is 600 cm³/mol. The molecule has 0 atom stereocenters. The molecule has 678 valence electrons. The number of benzene rings is 18. The van der Waals surface area contributed by atoms with Gasteiger partial charge in [-0.05, 0) is 265 Å². The fourth-order valence-electron chi connectivity index (χ4n) is 23.7. The molecule has 4 aliphatic carbocycles. The maximum Gasteiger partial charge on any atom is 0.164 e. The number of aromatic nitrogens is 4. The Balaban J connectivity index is 0.000000111. The zero-order chi connectivity index (χ0) is 95.4. The molecule has 0 fully saturated rings. The van der Waals surface area contributed by atoms with Crippen LogP contribution in [0.1, 0.15) is 141 Å². The second-order valence-corrected chi connectivity index (χ2v) is 45.8. The molecule has 23 aromatic rings. The monoisotopic (exact) mass is 1860 g/mol. The van der Waals surface area contributed by atoms with E-state index in [1.807, 2.05) is 94.7 Å². The Hall–Kier alpha value is -14.8. The van der Waals surface area contributed by atoms with Gasteiger partial charge in [0.15, 0.2) is 17.5 Å². The van der Waals surface area contributed by atoms with Crippen molar-refractivity contribution in [1.29, 1.82) is 0 Å². The molecular weight excluding hydrogens is 1750 g/mol. The lowest BCUT2D eigenvalue weighted by Crippen LogP contribution is -2.43. The van der Waals surface area contributed by atoms with Gasteiger partial charge in [0.1, 0.15) is 0 Å². The fourth-order valence-corrected chi connectivity index (χ4v) is 27.0. The number of para-hydroxylation sites is 3. The first-order chi connectivity index (χ1) is 67.7. The summed E-state index contributed by atoms with van der Waals surface area (Å²) in [6, 6.07) is 145. The first-order valence-corrected chi connectivity index (χ1v) is 51.6. The molecule has 0 saturated carbocycles. The van der Waals surface area contributed by atoms with Gasteiger partial charge in [-0.3, -0.25) is 0 Å². The van der Waals surface area contributed by atoms with Crippen LogP contribution in [0.5, 0.6) is 0 Å². The van der Waals surface area contributed by atoms with Gasteiger partial charge in [0.05, 0.1) is 11.0 Å². The first kappa shape index (κ1) is 86.8. The minimum atomic E-state index is -0.0860. The standard InChI is InChI=1S/C45H35N3S.C45H39NS.C42H33NS/c1-44(2)35-25-26-38-40(34-17-11-12-18-37(34)49-38)39(35)33-24-23-32(27-36(33)45(44,3)4)28-19-21-31(22-20-28)43-47-41(29-13-7-5-8-14-29)46-42(48-43)30-15-9-6-10-16-30;1-43(2)37-18-12-10-16-31(37)32-22-20-30(25-39(32)43)46(28-14-8-7-9-15-28)29-21-23-38-34(24-29)35-27-42-36(33-17-11-13-19-41(33)47-42)26-40(35)45(5,6)44(38,3)4;1-41(2)35-22-19-27(23-32(35)33-25-40-34(24-36(33)42(41,3)4)31-13-7-10-16-39(31)44-40)26-17-20-28(21-18-26)43-37-14-8-5-11-29(37)30-12-6-9-15-38(30)43/h5-27H,1-4H3;7-27H,1-6H3;5-25H,1-4H3. The number of hydrogen-bond donors (Lipinski definition) is 0. The molecule has 5 aromatic heterocycles. The number of anilines is 3. The van der Waals surface area contributed by atoms with E-state index in [-0.39, 0.29) is 37.9 Å². The zero-order valence-electron chi connectivity index (χ0n) is 81.5. The molecule has 0 spiro atoms. The van der Waals surface area contributed by atoms with E-state index in [0.29, 0.717) is 17.5 Å². The highest BCUT2D eigenvalue weighted by Crippen LogP contribution is 2.62. The number of fused-ring (bicyclic) bond motifs is 25.